The number of ether oxygens (including phenoxy) is 1. The molecule has 4 nitrogen and oxygen atoms in total. The van der Waals surface area contributed by atoms with E-state index in [4.69, 9.17) is 4.74 Å². The summed E-state index contributed by atoms with van der Waals surface area (Å²) in [5.74, 6) is -0.159. The van der Waals surface area contributed by atoms with Gasteiger partial charge in [0, 0.05) is 11.4 Å². The highest BCUT2D eigenvalue weighted by Gasteiger charge is 2.12. The van der Waals surface area contributed by atoms with Crippen molar-refractivity contribution in [3.05, 3.63) is 57.8 Å². The summed E-state index contributed by atoms with van der Waals surface area (Å²) in [6.07, 6.45) is -0.817. The Bertz CT molecular complexity index is 597. The number of aryl methyl sites for hydroxylation is 1. The highest BCUT2D eigenvalue weighted by Crippen LogP contribution is 2.16. The molecule has 2 N–H and O–H groups in total. The molecule has 22 heavy (non-hydrogen) atoms. The predicted molar refractivity (Wildman–Crippen MR) is 88.2 cm³/mol. The van der Waals surface area contributed by atoms with Crippen LogP contribution >= 0.6 is 11.3 Å². The molecule has 0 radical (unpaired) electrons. The lowest BCUT2D eigenvalue weighted by molar-refractivity contribution is -0.00169. The molecule has 0 aliphatic rings. The van der Waals surface area contributed by atoms with Crippen LogP contribution in [0.4, 0.5) is 0 Å². The second kappa shape index (κ2) is 8.08. The monoisotopic (exact) mass is 319 g/mol. The van der Waals surface area contributed by atoms with E-state index in [0.29, 0.717) is 4.88 Å². The molecule has 0 spiro atoms. The van der Waals surface area contributed by atoms with Crippen LogP contribution in [0.25, 0.3) is 0 Å². The number of carbonyl (C=O) groups is 1. The van der Waals surface area contributed by atoms with Gasteiger partial charge in [-0.05, 0) is 31.5 Å². The van der Waals surface area contributed by atoms with E-state index in [1.54, 1.807) is 6.07 Å². The van der Waals surface area contributed by atoms with Gasteiger partial charge in [-0.25, -0.2) is 0 Å². The van der Waals surface area contributed by atoms with E-state index in [-0.39, 0.29) is 25.2 Å². The van der Waals surface area contributed by atoms with E-state index in [2.05, 4.69) is 5.32 Å². The number of hydrogen-bond donors (Lipinski definition) is 2. The summed E-state index contributed by atoms with van der Waals surface area (Å²) >= 11 is 1.44. The fourth-order valence-corrected chi connectivity index (χ4v) is 2.77. The van der Waals surface area contributed by atoms with Crippen molar-refractivity contribution in [1.82, 2.24) is 5.32 Å². The normalized spacial score (nSPS) is 13.6. The Morgan fingerprint density at radius 1 is 1.27 bits per heavy atom. The minimum absolute atomic E-state index is 0.0912. The molecular weight excluding hydrogens is 298 g/mol. The van der Waals surface area contributed by atoms with Crippen LogP contribution in [0.1, 0.15) is 33.1 Å². The quantitative estimate of drug-likeness (QED) is 0.825. The zero-order valence-electron chi connectivity index (χ0n) is 12.8. The average molecular weight is 319 g/mol. The number of aliphatic hydroxyl groups excluding tert-OH is 1. The van der Waals surface area contributed by atoms with Crippen LogP contribution < -0.4 is 5.32 Å². The van der Waals surface area contributed by atoms with Crippen molar-refractivity contribution in [2.75, 3.05) is 13.2 Å². The van der Waals surface area contributed by atoms with Gasteiger partial charge >= 0.3 is 0 Å². The number of hydrogen-bond acceptors (Lipinski definition) is 4. The van der Waals surface area contributed by atoms with Crippen molar-refractivity contribution < 1.29 is 14.6 Å². The summed E-state index contributed by atoms with van der Waals surface area (Å²) in [4.78, 5) is 13.6. The summed E-state index contributed by atoms with van der Waals surface area (Å²) < 4.78 is 5.63. The van der Waals surface area contributed by atoms with Crippen molar-refractivity contribution in [2.24, 2.45) is 0 Å². The third-order valence-electron chi connectivity index (χ3n) is 3.27. The maximum atomic E-state index is 11.9. The summed E-state index contributed by atoms with van der Waals surface area (Å²) in [5, 5.41) is 12.6. The van der Waals surface area contributed by atoms with E-state index in [1.807, 2.05) is 50.2 Å². The molecular formula is C17H21NO3S. The number of carbonyl (C=O) groups excluding carboxylic acids is 1. The standard InChI is InChI=1S/C17H21NO3S/c1-12-8-9-16(22-12)17(20)18-10-15(19)11-21-13(2)14-6-4-3-5-7-14/h3-9,13,15,19H,10-11H2,1-2H3,(H,18,20)/t13-,15-/m0/s1. The zero-order chi connectivity index (χ0) is 15.9. The third kappa shape index (κ3) is 4.94. The van der Waals surface area contributed by atoms with Gasteiger partial charge in [0.2, 0.25) is 0 Å². The van der Waals surface area contributed by atoms with Gasteiger partial charge in [0.15, 0.2) is 0 Å². The van der Waals surface area contributed by atoms with Crippen molar-refractivity contribution in [2.45, 2.75) is 26.1 Å². The summed E-state index contributed by atoms with van der Waals surface area (Å²) in [6, 6.07) is 13.5. The Hall–Kier alpha value is -1.69. The van der Waals surface area contributed by atoms with Gasteiger partial charge in [0.05, 0.1) is 23.7 Å². The smallest absolute Gasteiger partial charge is 0.261 e. The van der Waals surface area contributed by atoms with E-state index in [0.717, 1.165) is 10.4 Å². The molecule has 0 saturated heterocycles. The first-order chi connectivity index (χ1) is 10.6. The molecule has 2 atom stereocenters. The van der Waals surface area contributed by atoms with Crippen LogP contribution in [0.2, 0.25) is 0 Å². The Morgan fingerprint density at radius 2 is 2.00 bits per heavy atom. The lowest BCUT2D eigenvalue weighted by Gasteiger charge is -2.17. The molecule has 0 fully saturated rings. The average Bonchev–Trinajstić information content (AvgIpc) is 2.97. The molecule has 1 heterocycles. The molecule has 1 amide bonds. The summed E-state index contributed by atoms with van der Waals surface area (Å²) in [5.41, 5.74) is 1.06. The van der Waals surface area contributed by atoms with Crippen LogP contribution in [0.5, 0.6) is 0 Å². The maximum Gasteiger partial charge on any atom is 0.261 e. The van der Waals surface area contributed by atoms with Crippen molar-refractivity contribution >= 4 is 17.2 Å². The molecule has 118 valence electrons. The first-order valence-electron chi connectivity index (χ1n) is 7.25. The predicted octanol–water partition coefficient (Wildman–Crippen LogP) is 2.93. The van der Waals surface area contributed by atoms with Gasteiger partial charge in [0.25, 0.3) is 5.91 Å². The molecule has 1 aromatic carbocycles. The molecule has 0 bridgehead atoms. The number of thiophene rings is 1. The van der Waals surface area contributed by atoms with Gasteiger partial charge in [0.1, 0.15) is 0 Å². The number of nitrogens with one attached hydrogen (secondary N) is 1. The van der Waals surface area contributed by atoms with Crippen LogP contribution in [-0.4, -0.2) is 30.3 Å². The Balaban J connectivity index is 1.72. The van der Waals surface area contributed by atoms with Crippen molar-refractivity contribution in [1.29, 1.82) is 0 Å². The van der Waals surface area contributed by atoms with E-state index < -0.39 is 6.10 Å². The third-order valence-corrected chi connectivity index (χ3v) is 4.27. The number of aliphatic hydroxyl groups is 1. The molecule has 5 heteroatoms. The van der Waals surface area contributed by atoms with Crippen molar-refractivity contribution in [3.63, 3.8) is 0 Å². The van der Waals surface area contributed by atoms with Gasteiger partial charge in [-0.3, -0.25) is 4.79 Å². The number of amides is 1. The van der Waals surface area contributed by atoms with E-state index >= 15 is 0 Å². The minimum atomic E-state index is -0.726. The summed E-state index contributed by atoms with van der Waals surface area (Å²) in [7, 11) is 0. The fourth-order valence-electron chi connectivity index (χ4n) is 1.99. The van der Waals surface area contributed by atoms with Crippen molar-refractivity contribution in [3.8, 4) is 0 Å². The topological polar surface area (TPSA) is 58.6 Å². The number of benzene rings is 1. The van der Waals surface area contributed by atoms with Gasteiger partial charge in [-0.1, -0.05) is 30.3 Å². The van der Waals surface area contributed by atoms with Crippen LogP contribution in [0, 0.1) is 6.92 Å². The van der Waals surface area contributed by atoms with Gasteiger partial charge in [-0.15, -0.1) is 11.3 Å². The SMILES string of the molecule is Cc1ccc(C(=O)NC[C@H](O)CO[C@@H](C)c2ccccc2)s1. The highest BCUT2D eigenvalue weighted by molar-refractivity contribution is 7.13. The van der Waals surface area contributed by atoms with E-state index in [9.17, 15) is 9.90 Å². The minimum Gasteiger partial charge on any atom is -0.389 e. The van der Waals surface area contributed by atoms with Crippen LogP contribution in [0.3, 0.4) is 0 Å². The molecule has 0 aliphatic carbocycles. The maximum absolute atomic E-state index is 11.9. The lowest BCUT2D eigenvalue weighted by atomic mass is 10.1. The second-order valence-electron chi connectivity index (χ2n) is 5.16. The fraction of sp³-hybridized carbons (Fsp3) is 0.353. The largest absolute Gasteiger partial charge is 0.389 e. The van der Waals surface area contributed by atoms with E-state index in [1.165, 1.54) is 11.3 Å². The molecule has 0 unspecified atom stereocenters. The van der Waals surface area contributed by atoms with Gasteiger partial charge in [-0.2, -0.15) is 0 Å². The summed E-state index contributed by atoms with van der Waals surface area (Å²) in [6.45, 7) is 4.25. The molecule has 0 aliphatic heterocycles. The van der Waals surface area contributed by atoms with Crippen LogP contribution in [-0.2, 0) is 4.74 Å². The second-order valence-corrected chi connectivity index (χ2v) is 6.45. The highest BCUT2D eigenvalue weighted by atomic mass is 32.1. The Kier molecular flexibility index (Phi) is 6.12. The molecule has 1 aromatic heterocycles. The molecule has 0 saturated carbocycles. The van der Waals surface area contributed by atoms with Gasteiger partial charge < -0.3 is 15.2 Å². The first-order valence-corrected chi connectivity index (χ1v) is 8.07. The zero-order valence-corrected chi connectivity index (χ0v) is 13.6. The lowest BCUT2D eigenvalue weighted by Crippen LogP contribution is -2.34. The molecule has 2 rings (SSSR count). The number of rotatable bonds is 7. The first kappa shape index (κ1) is 16.7. The Morgan fingerprint density at radius 3 is 2.64 bits per heavy atom. The molecule has 2 aromatic rings. The van der Waals surface area contributed by atoms with Crippen LogP contribution in [0.15, 0.2) is 42.5 Å². The Labute approximate surface area is 134 Å².